The van der Waals surface area contributed by atoms with Crippen LogP contribution in [0.5, 0.6) is 0 Å². The van der Waals surface area contributed by atoms with E-state index >= 15 is 0 Å². The van der Waals surface area contributed by atoms with Crippen LogP contribution >= 0.6 is 0 Å². The van der Waals surface area contributed by atoms with Crippen LogP contribution in [0, 0.1) is 17.8 Å². The second-order valence-electron chi connectivity index (χ2n) is 27.3. The first-order valence-electron chi connectivity index (χ1n) is 36.7. The molecular weight excluding hydrogens is 923 g/mol. The summed E-state index contributed by atoms with van der Waals surface area (Å²) in [7, 11) is 0. The van der Waals surface area contributed by atoms with Crippen LogP contribution in [0.1, 0.15) is 366 Å². The Bertz CT molecular complexity index is 1050. The van der Waals surface area contributed by atoms with E-state index in [2.05, 4.69) is 0 Å². The SMILES string of the molecule is NCCCCCCCCCCCCCCCC[NH+]1CCCC(CCCCCCCCCCCCC2CCC[NH+](CCCCCCCCCCCCC3CCC[NH+](CCCCCCCCCCCCCCCCN)C3)C2)C1. The maximum absolute atomic E-state index is 5.60. The summed E-state index contributed by atoms with van der Waals surface area (Å²) in [6.45, 7) is 15.0. The Morgan fingerprint density at radius 3 is 0.579 bits per heavy atom. The summed E-state index contributed by atoms with van der Waals surface area (Å²) in [6.07, 6.45) is 83.8. The van der Waals surface area contributed by atoms with Crippen molar-refractivity contribution in [1.82, 2.24) is 0 Å². The minimum absolute atomic E-state index is 0.874. The van der Waals surface area contributed by atoms with E-state index in [0.29, 0.717) is 0 Å². The highest BCUT2D eigenvalue weighted by molar-refractivity contribution is 4.66. The zero-order valence-corrected chi connectivity index (χ0v) is 52.5. The Morgan fingerprint density at radius 1 is 0.211 bits per heavy atom. The largest absolute Gasteiger partial charge is 0.335 e. The van der Waals surface area contributed by atoms with Gasteiger partial charge in [0.05, 0.1) is 58.9 Å². The summed E-state index contributed by atoms with van der Waals surface area (Å²) in [4.78, 5) is 5.86. The van der Waals surface area contributed by atoms with E-state index in [-0.39, 0.29) is 0 Å². The van der Waals surface area contributed by atoms with Gasteiger partial charge in [-0.1, -0.05) is 257 Å². The molecule has 0 bridgehead atoms. The van der Waals surface area contributed by atoms with Gasteiger partial charge in [0, 0.05) is 17.8 Å². The van der Waals surface area contributed by atoms with Gasteiger partial charge in [0.25, 0.3) is 0 Å². The standard InChI is InChI=1S/C71H143N5/c72-58-44-36-28-20-12-5-1-3-7-14-22-30-38-46-60-74-63-49-55-69(66-74)52-41-33-25-17-9-10-18-26-34-42-53-70-56-50-65-76(67-70)62-48-40-32-24-16-11-19-27-35-43-54-71-57-51-64-75(68-71)61-47-39-31-23-15-8-4-2-6-13-21-29-37-45-59-73/h69-71H,1-68,72-73H2/p+3. The number of quaternary nitrogens is 3. The molecule has 0 aliphatic carbocycles. The van der Waals surface area contributed by atoms with Crippen LogP contribution in [0.4, 0.5) is 0 Å². The quantitative estimate of drug-likeness (QED) is 0.0394. The number of unbranched alkanes of at least 4 members (excludes halogenated alkanes) is 44. The van der Waals surface area contributed by atoms with Crippen molar-refractivity contribution in [3.8, 4) is 0 Å². The molecule has 6 unspecified atom stereocenters. The lowest BCUT2D eigenvalue weighted by molar-refractivity contribution is -0.909. The van der Waals surface area contributed by atoms with Gasteiger partial charge in [-0.25, -0.2) is 0 Å². The van der Waals surface area contributed by atoms with Gasteiger partial charge in [0.2, 0.25) is 0 Å². The van der Waals surface area contributed by atoms with Crippen molar-refractivity contribution >= 4 is 0 Å². The smallest absolute Gasteiger partial charge is 0.0799 e. The molecule has 76 heavy (non-hydrogen) atoms. The average molecular weight is 1070 g/mol. The number of hydrogen-bond donors (Lipinski definition) is 5. The normalized spacial score (nSPS) is 21.2. The topological polar surface area (TPSA) is 65.4 Å². The van der Waals surface area contributed by atoms with E-state index < -0.39 is 0 Å². The van der Waals surface area contributed by atoms with Gasteiger partial charge >= 0.3 is 0 Å². The van der Waals surface area contributed by atoms with E-state index in [4.69, 9.17) is 11.5 Å². The first kappa shape index (κ1) is 70.1. The van der Waals surface area contributed by atoms with Gasteiger partial charge in [0.1, 0.15) is 0 Å². The van der Waals surface area contributed by atoms with Crippen molar-refractivity contribution in [3.63, 3.8) is 0 Å². The van der Waals surface area contributed by atoms with Crippen LogP contribution in [0.2, 0.25) is 0 Å². The van der Waals surface area contributed by atoms with Crippen molar-refractivity contribution in [2.45, 2.75) is 366 Å². The molecule has 3 aliphatic heterocycles. The van der Waals surface area contributed by atoms with Crippen molar-refractivity contribution < 1.29 is 14.7 Å². The lowest BCUT2D eigenvalue weighted by atomic mass is 9.91. The summed E-state index contributed by atoms with van der Waals surface area (Å²) in [5, 5.41) is 0. The Balaban J connectivity index is 0.975. The molecule has 0 spiro atoms. The third-order valence-electron chi connectivity index (χ3n) is 20.0. The van der Waals surface area contributed by atoms with Crippen LogP contribution in [0.15, 0.2) is 0 Å². The Labute approximate surface area is 479 Å². The first-order chi connectivity index (χ1) is 37.8. The van der Waals surface area contributed by atoms with Crippen molar-refractivity contribution in [2.24, 2.45) is 29.2 Å². The van der Waals surface area contributed by atoms with E-state index in [9.17, 15) is 0 Å². The zero-order valence-electron chi connectivity index (χ0n) is 52.5. The molecule has 0 amide bonds. The fourth-order valence-electron chi connectivity index (χ4n) is 15.0. The van der Waals surface area contributed by atoms with Crippen LogP contribution < -0.4 is 26.2 Å². The molecule has 5 nitrogen and oxygen atoms in total. The third-order valence-corrected chi connectivity index (χ3v) is 20.0. The third kappa shape index (κ3) is 44.5. The van der Waals surface area contributed by atoms with Gasteiger partial charge in [0.15, 0.2) is 0 Å². The van der Waals surface area contributed by atoms with Crippen molar-refractivity contribution in [3.05, 3.63) is 0 Å². The molecule has 3 aliphatic rings. The molecule has 0 aromatic heterocycles. The van der Waals surface area contributed by atoms with Gasteiger partial charge in [-0.3, -0.25) is 0 Å². The maximum atomic E-state index is 5.60. The molecule has 452 valence electrons. The molecule has 3 heterocycles. The molecule has 3 saturated heterocycles. The predicted octanol–water partition coefficient (Wildman–Crippen LogP) is 16.7. The summed E-state index contributed by atoms with van der Waals surface area (Å²) in [5.41, 5.74) is 11.2. The minimum atomic E-state index is 0.874. The van der Waals surface area contributed by atoms with E-state index in [1.807, 2.05) is 14.7 Å². The molecule has 6 atom stereocenters. The fraction of sp³-hybridized carbons (Fsp3) is 1.00. The minimum Gasteiger partial charge on any atom is -0.335 e. The zero-order chi connectivity index (χ0) is 53.5. The summed E-state index contributed by atoms with van der Waals surface area (Å²) in [5.74, 6) is 3.09. The van der Waals surface area contributed by atoms with Gasteiger partial charge in [-0.15, -0.1) is 0 Å². The van der Waals surface area contributed by atoms with Crippen LogP contribution in [-0.2, 0) is 0 Å². The lowest BCUT2D eigenvalue weighted by Crippen LogP contribution is -3.13. The Morgan fingerprint density at radius 2 is 0.382 bits per heavy atom. The van der Waals surface area contributed by atoms with E-state index in [0.717, 1.165) is 30.8 Å². The number of rotatable bonds is 58. The van der Waals surface area contributed by atoms with E-state index in [1.165, 1.54) is 425 Å². The first-order valence-corrected chi connectivity index (χ1v) is 36.7. The summed E-state index contributed by atoms with van der Waals surface area (Å²) in [6, 6.07) is 0. The summed E-state index contributed by atoms with van der Waals surface area (Å²) < 4.78 is 0. The molecule has 0 saturated carbocycles. The Kier molecular flexibility index (Phi) is 51.0. The molecule has 3 rings (SSSR count). The molecule has 7 N–H and O–H groups in total. The molecule has 5 heteroatoms. The van der Waals surface area contributed by atoms with Crippen LogP contribution in [-0.4, -0.2) is 72.0 Å². The highest BCUT2D eigenvalue weighted by Crippen LogP contribution is 2.22. The van der Waals surface area contributed by atoms with Crippen LogP contribution in [0.3, 0.4) is 0 Å². The van der Waals surface area contributed by atoms with Crippen LogP contribution in [0.25, 0.3) is 0 Å². The molecule has 0 aromatic carbocycles. The number of nitrogens with one attached hydrogen (secondary N) is 3. The van der Waals surface area contributed by atoms with Gasteiger partial charge in [-0.2, -0.15) is 0 Å². The van der Waals surface area contributed by atoms with E-state index in [1.54, 1.807) is 0 Å². The second kappa shape index (κ2) is 55.3. The molecule has 0 radical (unpaired) electrons. The second-order valence-corrected chi connectivity index (χ2v) is 27.3. The highest BCUT2D eigenvalue weighted by atomic mass is 15.1. The fourth-order valence-corrected chi connectivity index (χ4v) is 15.0. The average Bonchev–Trinajstić information content (AvgIpc) is 3.44. The number of piperidine rings is 3. The van der Waals surface area contributed by atoms with Crippen molar-refractivity contribution in [2.75, 3.05) is 72.0 Å². The number of hydrogen-bond acceptors (Lipinski definition) is 2. The van der Waals surface area contributed by atoms with Crippen molar-refractivity contribution in [1.29, 1.82) is 0 Å². The van der Waals surface area contributed by atoms with Gasteiger partial charge < -0.3 is 26.2 Å². The monoisotopic (exact) mass is 1070 g/mol. The molecule has 0 aromatic rings. The maximum Gasteiger partial charge on any atom is 0.0799 e. The molecule has 3 fully saturated rings. The number of nitrogens with two attached hydrogens (primary N) is 2. The van der Waals surface area contributed by atoms with Gasteiger partial charge in [-0.05, 0) is 122 Å². The lowest BCUT2D eigenvalue weighted by Gasteiger charge is -2.30. The molecular formula is C71H146N5+3. The highest BCUT2D eigenvalue weighted by Gasteiger charge is 2.24. The predicted molar refractivity (Wildman–Crippen MR) is 338 cm³/mol. The number of likely N-dealkylation sites (tertiary alicyclic amines) is 3. The Hall–Kier alpha value is -0.200. The summed E-state index contributed by atoms with van der Waals surface area (Å²) >= 11 is 0.